The second-order valence-corrected chi connectivity index (χ2v) is 6.85. The molecule has 3 rings (SSSR count). The molecule has 26 heavy (non-hydrogen) atoms. The Bertz CT molecular complexity index is 727. The van der Waals surface area contributed by atoms with Crippen LogP contribution in [-0.2, 0) is 11.2 Å². The van der Waals surface area contributed by atoms with E-state index in [0.29, 0.717) is 25.3 Å². The van der Waals surface area contributed by atoms with Crippen molar-refractivity contribution in [1.29, 1.82) is 0 Å². The van der Waals surface area contributed by atoms with Crippen LogP contribution in [0.15, 0.2) is 48.5 Å². The summed E-state index contributed by atoms with van der Waals surface area (Å²) in [5.41, 5.74) is 2.95. The largest absolute Gasteiger partial charge is 0.379 e. The molecule has 0 radical (unpaired) electrons. The van der Waals surface area contributed by atoms with Crippen molar-refractivity contribution in [2.45, 2.75) is 19.4 Å². The third-order valence-electron chi connectivity index (χ3n) is 4.83. The Hall–Kier alpha value is -1.88. The van der Waals surface area contributed by atoms with E-state index >= 15 is 0 Å². The van der Waals surface area contributed by atoms with Gasteiger partial charge in [0, 0.05) is 30.2 Å². The van der Waals surface area contributed by atoms with Crippen LogP contribution >= 0.6 is 11.6 Å². The highest BCUT2D eigenvalue weighted by atomic mass is 35.5. The van der Waals surface area contributed by atoms with Gasteiger partial charge >= 0.3 is 0 Å². The quantitative estimate of drug-likeness (QED) is 0.840. The van der Waals surface area contributed by atoms with Gasteiger partial charge in [0.05, 0.1) is 19.3 Å². The second-order valence-electron chi connectivity index (χ2n) is 6.45. The van der Waals surface area contributed by atoms with Gasteiger partial charge in [-0.1, -0.05) is 48.9 Å². The van der Waals surface area contributed by atoms with Crippen LogP contribution in [0.2, 0.25) is 5.02 Å². The first-order chi connectivity index (χ1) is 12.7. The zero-order valence-corrected chi connectivity index (χ0v) is 15.8. The molecule has 1 amide bonds. The molecule has 1 fully saturated rings. The number of aryl methyl sites for hydroxylation is 1. The topological polar surface area (TPSA) is 41.6 Å². The van der Waals surface area contributed by atoms with Crippen LogP contribution in [0.25, 0.3) is 0 Å². The summed E-state index contributed by atoms with van der Waals surface area (Å²) in [5.74, 6) is -0.0574. The van der Waals surface area contributed by atoms with Crippen LogP contribution in [-0.4, -0.2) is 43.7 Å². The Balaban J connectivity index is 1.72. The van der Waals surface area contributed by atoms with Crippen molar-refractivity contribution in [2.75, 3.05) is 32.8 Å². The molecule has 1 unspecified atom stereocenters. The van der Waals surface area contributed by atoms with Crippen molar-refractivity contribution in [3.05, 3.63) is 70.2 Å². The van der Waals surface area contributed by atoms with Crippen LogP contribution < -0.4 is 5.32 Å². The van der Waals surface area contributed by atoms with E-state index in [-0.39, 0.29) is 11.9 Å². The van der Waals surface area contributed by atoms with E-state index in [2.05, 4.69) is 17.1 Å². The molecule has 2 aromatic rings. The van der Waals surface area contributed by atoms with E-state index < -0.39 is 0 Å². The molecule has 0 saturated carbocycles. The summed E-state index contributed by atoms with van der Waals surface area (Å²) in [4.78, 5) is 14.9. The van der Waals surface area contributed by atoms with Crippen LogP contribution in [0.5, 0.6) is 0 Å². The molecule has 5 heteroatoms. The molecule has 0 aromatic heterocycles. The normalized spacial score (nSPS) is 16.2. The van der Waals surface area contributed by atoms with Gasteiger partial charge in [-0.25, -0.2) is 0 Å². The highest BCUT2D eigenvalue weighted by Crippen LogP contribution is 2.27. The minimum absolute atomic E-state index is 0.0338. The standard InChI is InChI=1S/C21H25ClN2O2/c1-2-16-7-9-17(10-8-16)21(25)23-15-20(24-11-13-26-14-12-24)18-5-3-4-6-19(18)22/h3-10,20H,2,11-15H2,1H3,(H,23,25). The highest BCUT2D eigenvalue weighted by molar-refractivity contribution is 6.31. The summed E-state index contributed by atoms with van der Waals surface area (Å²) < 4.78 is 5.47. The fourth-order valence-corrected chi connectivity index (χ4v) is 3.52. The van der Waals surface area contributed by atoms with Crippen molar-refractivity contribution in [2.24, 2.45) is 0 Å². The number of benzene rings is 2. The number of halogens is 1. The molecule has 1 aliphatic rings. The molecule has 0 bridgehead atoms. The smallest absolute Gasteiger partial charge is 0.251 e. The molecule has 0 spiro atoms. The average molecular weight is 373 g/mol. The maximum atomic E-state index is 12.6. The summed E-state index contributed by atoms with van der Waals surface area (Å²) in [5, 5.41) is 3.81. The Labute approximate surface area is 160 Å². The molecule has 1 aliphatic heterocycles. The molecule has 4 nitrogen and oxygen atoms in total. The van der Waals surface area contributed by atoms with Crippen molar-refractivity contribution in [1.82, 2.24) is 10.2 Å². The molecule has 138 valence electrons. The number of hydrogen-bond donors (Lipinski definition) is 1. The Morgan fingerprint density at radius 1 is 1.15 bits per heavy atom. The Kier molecular flexibility index (Phi) is 6.67. The number of amides is 1. The number of nitrogens with one attached hydrogen (secondary N) is 1. The first-order valence-corrected chi connectivity index (χ1v) is 9.50. The molecule has 0 aliphatic carbocycles. The molecule has 1 saturated heterocycles. The third-order valence-corrected chi connectivity index (χ3v) is 5.18. The fraction of sp³-hybridized carbons (Fsp3) is 0.381. The third kappa shape index (κ3) is 4.64. The predicted molar refractivity (Wildman–Crippen MR) is 105 cm³/mol. The monoisotopic (exact) mass is 372 g/mol. The van der Waals surface area contributed by atoms with Crippen molar-refractivity contribution in [3.8, 4) is 0 Å². The van der Waals surface area contributed by atoms with Gasteiger partial charge < -0.3 is 10.1 Å². The molecular weight excluding hydrogens is 348 g/mol. The number of rotatable bonds is 6. The van der Waals surface area contributed by atoms with Gasteiger partial charge in [0.25, 0.3) is 5.91 Å². The van der Waals surface area contributed by atoms with Gasteiger partial charge in [0.1, 0.15) is 0 Å². The van der Waals surface area contributed by atoms with Gasteiger partial charge in [0.2, 0.25) is 0 Å². The van der Waals surface area contributed by atoms with Crippen molar-refractivity contribution < 1.29 is 9.53 Å². The zero-order chi connectivity index (χ0) is 18.4. The van der Waals surface area contributed by atoms with E-state index in [9.17, 15) is 4.79 Å². The van der Waals surface area contributed by atoms with Crippen LogP contribution in [0.3, 0.4) is 0 Å². The first kappa shape index (κ1) is 18.9. The molecule has 1 heterocycles. The lowest BCUT2D eigenvalue weighted by atomic mass is 10.0. The zero-order valence-electron chi connectivity index (χ0n) is 15.1. The van der Waals surface area contributed by atoms with E-state index in [0.717, 1.165) is 30.1 Å². The van der Waals surface area contributed by atoms with Crippen LogP contribution in [0, 0.1) is 0 Å². The minimum Gasteiger partial charge on any atom is -0.379 e. The van der Waals surface area contributed by atoms with Crippen molar-refractivity contribution in [3.63, 3.8) is 0 Å². The Morgan fingerprint density at radius 2 is 1.85 bits per heavy atom. The minimum atomic E-state index is -0.0574. The SMILES string of the molecule is CCc1ccc(C(=O)NCC(c2ccccc2Cl)N2CCOCC2)cc1. The number of carbonyl (C=O) groups is 1. The van der Waals surface area contributed by atoms with E-state index in [1.165, 1.54) is 5.56 Å². The molecular formula is C21H25ClN2O2. The summed E-state index contributed by atoms with van der Waals surface area (Å²) in [6, 6.07) is 15.6. The van der Waals surface area contributed by atoms with E-state index in [1.54, 1.807) is 0 Å². The van der Waals surface area contributed by atoms with Gasteiger partial charge in [-0.05, 0) is 35.7 Å². The average Bonchev–Trinajstić information content (AvgIpc) is 2.70. The lowest BCUT2D eigenvalue weighted by Crippen LogP contribution is -2.44. The van der Waals surface area contributed by atoms with Crippen molar-refractivity contribution >= 4 is 17.5 Å². The number of hydrogen-bond acceptors (Lipinski definition) is 3. The number of nitrogens with zero attached hydrogens (tertiary/aromatic N) is 1. The number of carbonyl (C=O) groups excluding carboxylic acids is 1. The lowest BCUT2D eigenvalue weighted by molar-refractivity contribution is 0.0162. The van der Waals surface area contributed by atoms with Crippen LogP contribution in [0.4, 0.5) is 0 Å². The maximum Gasteiger partial charge on any atom is 0.251 e. The number of morpholine rings is 1. The lowest BCUT2D eigenvalue weighted by Gasteiger charge is -2.35. The highest BCUT2D eigenvalue weighted by Gasteiger charge is 2.25. The molecule has 2 aromatic carbocycles. The van der Waals surface area contributed by atoms with Gasteiger partial charge in [-0.2, -0.15) is 0 Å². The van der Waals surface area contributed by atoms with Gasteiger partial charge in [0.15, 0.2) is 0 Å². The summed E-state index contributed by atoms with van der Waals surface area (Å²) in [6.07, 6.45) is 0.966. The Morgan fingerprint density at radius 3 is 2.50 bits per heavy atom. The first-order valence-electron chi connectivity index (χ1n) is 9.12. The summed E-state index contributed by atoms with van der Waals surface area (Å²) >= 11 is 6.43. The summed E-state index contributed by atoms with van der Waals surface area (Å²) in [6.45, 7) is 5.68. The van der Waals surface area contributed by atoms with Gasteiger partial charge in [-0.15, -0.1) is 0 Å². The van der Waals surface area contributed by atoms with Gasteiger partial charge in [-0.3, -0.25) is 9.69 Å². The van der Waals surface area contributed by atoms with Crippen LogP contribution in [0.1, 0.15) is 34.5 Å². The molecule has 1 atom stereocenters. The summed E-state index contributed by atoms with van der Waals surface area (Å²) in [7, 11) is 0. The maximum absolute atomic E-state index is 12.6. The van der Waals surface area contributed by atoms with E-state index in [1.807, 2.05) is 48.5 Å². The predicted octanol–water partition coefficient (Wildman–Crippen LogP) is 3.71. The van der Waals surface area contributed by atoms with E-state index in [4.69, 9.17) is 16.3 Å². The molecule has 1 N–H and O–H groups in total. The fourth-order valence-electron chi connectivity index (χ4n) is 3.25. The number of ether oxygens (including phenoxy) is 1. The second kappa shape index (κ2) is 9.17.